The van der Waals surface area contributed by atoms with Gasteiger partial charge in [-0.05, 0) is 48.2 Å². The van der Waals surface area contributed by atoms with Crippen molar-refractivity contribution in [3.63, 3.8) is 0 Å². The minimum Gasteiger partial charge on any atom is -0.467 e. The van der Waals surface area contributed by atoms with E-state index in [2.05, 4.69) is 16.9 Å². The number of pyridine rings is 2. The van der Waals surface area contributed by atoms with Crippen LogP contribution in [-0.2, 0) is 27.3 Å². The van der Waals surface area contributed by atoms with Crippen LogP contribution < -0.4 is 16.6 Å². The van der Waals surface area contributed by atoms with E-state index < -0.39 is 17.9 Å². The lowest BCUT2D eigenvalue weighted by Crippen LogP contribution is -2.39. The third-order valence-electron chi connectivity index (χ3n) is 5.80. The maximum absolute atomic E-state index is 12.7. The molecular formula is C28H29N5O4. The summed E-state index contributed by atoms with van der Waals surface area (Å²) in [4.78, 5) is 41.3. The van der Waals surface area contributed by atoms with Crippen LogP contribution in [0.3, 0.4) is 0 Å². The Hall–Kier alpha value is -4.79. The molecule has 37 heavy (non-hydrogen) atoms. The normalized spacial score (nSPS) is 12.2. The number of allylic oxidation sites excluding steroid dienone is 1. The highest BCUT2D eigenvalue weighted by Crippen LogP contribution is 2.18. The van der Waals surface area contributed by atoms with E-state index in [1.54, 1.807) is 29.1 Å². The summed E-state index contributed by atoms with van der Waals surface area (Å²) >= 11 is 0. The van der Waals surface area contributed by atoms with Gasteiger partial charge in [0.25, 0.3) is 11.5 Å². The van der Waals surface area contributed by atoms with E-state index in [4.69, 9.17) is 15.9 Å². The highest BCUT2D eigenvalue weighted by molar-refractivity contribution is 6.44. The fraction of sp³-hybridized carbons (Fsp3) is 0.179. The molecule has 0 aliphatic rings. The lowest BCUT2D eigenvalue weighted by atomic mass is 10.0. The summed E-state index contributed by atoms with van der Waals surface area (Å²) in [5.41, 5.74) is 8.97. The van der Waals surface area contributed by atoms with Gasteiger partial charge in [-0.3, -0.25) is 20.0 Å². The first-order valence-electron chi connectivity index (χ1n) is 11.5. The molecule has 0 saturated heterocycles. The number of hydrogen-bond donors (Lipinski definition) is 3. The lowest BCUT2D eigenvalue weighted by molar-refractivity contribution is -0.144. The number of nitrogens with two attached hydrogens (primary N) is 1. The van der Waals surface area contributed by atoms with Crippen molar-refractivity contribution in [3.05, 3.63) is 124 Å². The Morgan fingerprint density at radius 1 is 1.16 bits per heavy atom. The summed E-state index contributed by atoms with van der Waals surface area (Å²) in [5.74, 6) is -1.48. The maximum atomic E-state index is 12.7. The van der Waals surface area contributed by atoms with Crippen LogP contribution >= 0.6 is 0 Å². The van der Waals surface area contributed by atoms with Crippen molar-refractivity contribution in [2.75, 3.05) is 7.11 Å². The SMILES string of the molecule is C=C/C(N)=C(\C)C(=N)C(=O)NC(C(=O)OC)c1cncc(Cc2ccc(Cn3ccccc3=O)cc2)c1. The number of rotatable bonds is 10. The topological polar surface area (TPSA) is 140 Å². The molecule has 1 atom stereocenters. The number of methoxy groups -OCH3 is 1. The van der Waals surface area contributed by atoms with E-state index in [1.165, 1.54) is 32.4 Å². The van der Waals surface area contributed by atoms with Crippen molar-refractivity contribution in [2.45, 2.75) is 25.9 Å². The van der Waals surface area contributed by atoms with Crippen LogP contribution in [0.25, 0.3) is 0 Å². The molecular weight excluding hydrogens is 470 g/mol. The standard InChI is InChI=1S/C28H29N5O4/c1-4-23(29)18(2)25(30)27(35)32-26(28(36)37-3)22-14-21(15-31-16-22)13-19-8-10-20(11-9-19)17-33-12-6-5-7-24(33)34/h4-12,14-16,26,30H,1,13,17,29H2,2-3H3,(H,32,35)/b23-18-,30-25?. The fourth-order valence-corrected chi connectivity index (χ4v) is 3.62. The predicted molar refractivity (Wildman–Crippen MR) is 141 cm³/mol. The number of carbonyl (C=O) groups excluding carboxylic acids is 2. The van der Waals surface area contributed by atoms with Crippen LogP contribution in [0.2, 0.25) is 0 Å². The van der Waals surface area contributed by atoms with Gasteiger partial charge in [-0.25, -0.2) is 4.79 Å². The molecule has 0 fully saturated rings. The van der Waals surface area contributed by atoms with Crippen molar-refractivity contribution < 1.29 is 14.3 Å². The molecule has 1 unspecified atom stereocenters. The molecule has 0 bridgehead atoms. The molecule has 0 spiro atoms. The molecule has 1 amide bonds. The molecule has 0 aliphatic heterocycles. The number of esters is 1. The Bertz CT molecular complexity index is 1410. The van der Waals surface area contributed by atoms with Gasteiger partial charge in [0, 0.05) is 41.5 Å². The van der Waals surface area contributed by atoms with Crippen LogP contribution in [0.5, 0.6) is 0 Å². The minimum absolute atomic E-state index is 0.0628. The molecule has 0 saturated carbocycles. The second-order valence-corrected chi connectivity index (χ2v) is 8.38. The smallest absolute Gasteiger partial charge is 0.333 e. The zero-order valence-electron chi connectivity index (χ0n) is 20.7. The number of ether oxygens (including phenoxy) is 1. The minimum atomic E-state index is -1.16. The summed E-state index contributed by atoms with van der Waals surface area (Å²) in [7, 11) is 1.22. The monoisotopic (exact) mass is 499 g/mol. The fourth-order valence-electron chi connectivity index (χ4n) is 3.62. The Morgan fingerprint density at radius 3 is 2.51 bits per heavy atom. The molecule has 0 aliphatic carbocycles. The molecule has 9 nitrogen and oxygen atoms in total. The number of nitrogens with zero attached hydrogens (tertiary/aromatic N) is 2. The van der Waals surface area contributed by atoms with Gasteiger partial charge in [-0.15, -0.1) is 0 Å². The van der Waals surface area contributed by atoms with Gasteiger partial charge in [0.05, 0.1) is 13.7 Å². The predicted octanol–water partition coefficient (Wildman–Crippen LogP) is 2.65. The number of hydrogen-bond acceptors (Lipinski definition) is 7. The Kier molecular flexibility index (Phi) is 8.88. The molecule has 3 rings (SSSR count). The van der Waals surface area contributed by atoms with Crippen LogP contribution in [0.4, 0.5) is 0 Å². The van der Waals surface area contributed by atoms with Crippen LogP contribution in [0.15, 0.2) is 95.8 Å². The van der Waals surface area contributed by atoms with Gasteiger partial charge < -0.3 is 20.4 Å². The maximum Gasteiger partial charge on any atom is 0.333 e. The van der Waals surface area contributed by atoms with Crippen molar-refractivity contribution in [1.82, 2.24) is 14.9 Å². The van der Waals surface area contributed by atoms with Crippen molar-refractivity contribution in [1.29, 1.82) is 5.41 Å². The first-order chi connectivity index (χ1) is 17.7. The number of nitrogens with one attached hydrogen (secondary N) is 2. The highest BCUT2D eigenvalue weighted by atomic mass is 16.5. The summed E-state index contributed by atoms with van der Waals surface area (Å²) in [6, 6.07) is 13.5. The molecule has 2 heterocycles. The van der Waals surface area contributed by atoms with Crippen LogP contribution in [0.1, 0.15) is 35.2 Å². The number of benzene rings is 1. The van der Waals surface area contributed by atoms with Crippen molar-refractivity contribution in [2.24, 2.45) is 5.73 Å². The Labute approximate surface area is 214 Å². The van der Waals surface area contributed by atoms with E-state index >= 15 is 0 Å². The third kappa shape index (κ3) is 6.88. The average Bonchev–Trinajstić information content (AvgIpc) is 2.92. The second kappa shape index (κ2) is 12.3. The van der Waals surface area contributed by atoms with Crippen LogP contribution in [0, 0.1) is 5.41 Å². The zero-order chi connectivity index (χ0) is 26.9. The van der Waals surface area contributed by atoms with Crippen LogP contribution in [-0.4, -0.2) is 34.2 Å². The van der Waals surface area contributed by atoms with Gasteiger partial charge in [0.15, 0.2) is 6.04 Å². The second-order valence-electron chi connectivity index (χ2n) is 8.38. The Morgan fingerprint density at radius 2 is 1.86 bits per heavy atom. The molecule has 2 aromatic heterocycles. The molecule has 4 N–H and O–H groups in total. The summed E-state index contributed by atoms with van der Waals surface area (Å²) in [5, 5.41) is 10.6. The first kappa shape index (κ1) is 26.8. The van der Waals surface area contributed by atoms with E-state index in [0.717, 1.165) is 16.7 Å². The summed E-state index contributed by atoms with van der Waals surface area (Å²) < 4.78 is 6.51. The summed E-state index contributed by atoms with van der Waals surface area (Å²) in [6.07, 6.45) is 6.77. The van der Waals surface area contributed by atoms with Gasteiger partial charge in [0.2, 0.25) is 0 Å². The molecule has 0 radical (unpaired) electrons. The van der Waals surface area contributed by atoms with Gasteiger partial charge in [-0.1, -0.05) is 36.9 Å². The number of carbonyl (C=O) groups is 2. The van der Waals surface area contributed by atoms with Crippen molar-refractivity contribution in [3.8, 4) is 0 Å². The molecule has 190 valence electrons. The molecule has 3 aromatic rings. The van der Waals surface area contributed by atoms with Crippen molar-refractivity contribution >= 4 is 17.6 Å². The number of amides is 1. The van der Waals surface area contributed by atoms with E-state index in [9.17, 15) is 14.4 Å². The Balaban J connectivity index is 1.77. The molecule has 1 aromatic carbocycles. The molecule has 9 heteroatoms. The first-order valence-corrected chi connectivity index (χ1v) is 11.5. The largest absolute Gasteiger partial charge is 0.467 e. The van der Waals surface area contributed by atoms with E-state index in [1.807, 2.05) is 30.3 Å². The highest BCUT2D eigenvalue weighted by Gasteiger charge is 2.26. The third-order valence-corrected chi connectivity index (χ3v) is 5.80. The number of aromatic nitrogens is 2. The van der Waals surface area contributed by atoms with E-state index in [-0.39, 0.29) is 22.5 Å². The lowest BCUT2D eigenvalue weighted by Gasteiger charge is -2.18. The quantitative estimate of drug-likeness (QED) is 0.223. The zero-order valence-corrected chi connectivity index (χ0v) is 20.7. The van der Waals surface area contributed by atoms with Gasteiger partial charge in [0.1, 0.15) is 5.71 Å². The van der Waals surface area contributed by atoms with E-state index in [0.29, 0.717) is 18.5 Å². The summed E-state index contributed by atoms with van der Waals surface area (Å²) in [6.45, 7) is 5.53. The van der Waals surface area contributed by atoms with Gasteiger partial charge >= 0.3 is 5.97 Å². The van der Waals surface area contributed by atoms with Gasteiger partial charge in [-0.2, -0.15) is 0 Å². The average molecular weight is 500 g/mol.